The van der Waals surface area contributed by atoms with Crippen LogP contribution in [0.2, 0.25) is 0 Å². The maximum absolute atomic E-state index is 13.2. The molecule has 0 aliphatic heterocycles. The lowest BCUT2D eigenvalue weighted by Gasteiger charge is -2.09. The van der Waals surface area contributed by atoms with Crippen molar-refractivity contribution in [3.05, 3.63) is 29.6 Å². The second kappa shape index (κ2) is 7.89. The Morgan fingerprint density at radius 2 is 1.88 bits per heavy atom. The summed E-state index contributed by atoms with van der Waals surface area (Å²) >= 11 is 0. The second-order valence-corrected chi connectivity index (χ2v) is 3.18. The summed E-state index contributed by atoms with van der Waals surface area (Å²) in [5.41, 5.74) is 6.12. The topological polar surface area (TPSA) is 35.2 Å². The van der Waals surface area contributed by atoms with Crippen molar-refractivity contribution >= 4 is 0 Å². The first-order valence-corrected chi connectivity index (χ1v) is 4.84. The zero-order chi connectivity index (χ0) is 13.4. The van der Waals surface area contributed by atoms with Gasteiger partial charge in [-0.2, -0.15) is 0 Å². The van der Waals surface area contributed by atoms with Crippen LogP contribution in [0.15, 0.2) is 18.2 Å². The molecule has 98 valence electrons. The molecule has 0 saturated carbocycles. The van der Waals surface area contributed by atoms with Gasteiger partial charge >= 0.3 is 0 Å². The normalized spacial score (nSPS) is 11.8. The van der Waals surface area contributed by atoms with E-state index in [0.717, 1.165) is 0 Å². The lowest BCUT2D eigenvalue weighted by Crippen LogP contribution is -2.09. The van der Waals surface area contributed by atoms with E-state index >= 15 is 0 Å². The minimum atomic E-state index is -2.61. The maximum Gasteiger partial charge on any atom is 0.272 e. The number of alkyl halides is 3. The van der Waals surface area contributed by atoms with Crippen LogP contribution in [0.4, 0.5) is 17.6 Å². The van der Waals surface area contributed by atoms with Crippen molar-refractivity contribution in [2.24, 2.45) is 5.73 Å². The average molecular weight is 253 g/mol. The van der Waals surface area contributed by atoms with E-state index in [9.17, 15) is 17.6 Å². The molecule has 0 heterocycles. The standard InChI is InChI=1S/C10H12F3NO.CH3F/c1-6(14)7-2-3-9(8(11)4-7)15-5-10(12)13;1-2/h2-4,6,10H,5,14H2,1H3;1H3. The molecule has 0 amide bonds. The Kier molecular flexibility index (Phi) is 7.29. The minimum Gasteiger partial charge on any atom is -0.485 e. The molecule has 0 fully saturated rings. The van der Waals surface area contributed by atoms with Crippen LogP contribution in [0.3, 0.4) is 0 Å². The Morgan fingerprint density at radius 3 is 2.29 bits per heavy atom. The summed E-state index contributed by atoms with van der Waals surface area (Å²) in [5, 5.41) is 0. The molecular weight excluding hydrogens is 238 g/mol. The molecule has 0 aromatic heterocycles. The summed E-state index contributed by atoms with van der Waals surface area (Å²) in [6, 6.07) is 3.74. The molecule has 1 aromatic rings. The Bertz CT molecular complexity index is 331. The zero-order valence-electron chi connectivity index (χ0n) is 9.59. The van der Waals surface area contributed by atoms with Crippen molar-refractivity contribution in [2.45, 2.75) is 19.4 Å². The van der Waals surface area contributed by atoms with Crippen molar-refractivity contribution < 1.29 is 22.3 Å². The molecule has 2 nitrogen and oxygen atoms in total. The predicted octanol–water partition coefficient (Wildman–Crippen LogP) is 3.08. The van der Waals surface area contributed by atoms with Gasteiger partial charge in [-0.3, -0.25) is 4.39 Å². The molecular formula is C11H15F4NO. The molecule has 0 aliphatic carbocycles. The molecule has 0 spiro atoms. The Morgan fingerprint density at radius 1 is 1.29 bits per heavy atom. The Balaban J connectivity index is 0.00000121. The van der Waals surface area contributed by atoms with E-state index in [4.69, 9.17) is 5.73 Å². The largest absolute Gasteiger partial charge is 0.485 e. The molecule has 1 rings (SSSR count). The first kappa shape index (κ1) is 15.7. The molecule has 17 heavy (non-hydrogen) atoms. The molecule has 1 atom stereocenters. The van der Waals surface area contributed by atoms with E-state index in [-0.39, 0.29) is 11.8 Å². The van der Waals surface area contributed by atoms with Gasteiger partial charge in [0, 0.05) is 6.04 Å². The molecule has 0 bridgehead atoms. The number of rotatable bonds is 4. The van der Waals surface area contributed by atoms with Crippen molar-refractivity contribution in [1.82, 2.24) is 0 Å². The van der Waals surface area contributed by atoms with E-state index in [0.29, 0.717) is 12.7 Å². The quantitative estimate of drug-likeness (QED) is 0.837. The van der Waals surface area contributed by atoms with Crippen LogP contribution in [0.1, 0.15) is 18.5 Å². The minimum absolute atomic E-state index is 0.181. The second-order valence-electron chi connectivity index (χ2n) is 3.18. The fourth-order valence-corrected chi connectivity index (χ4v) is 1.07. The average Bonchev–Trinajstić information content (AvgIpc) is 2.29. The van der Waals surface area contributed by atoms with Crippen molar-refractivity contribution in [1.29, 1.82) is 0 Å². The number of hydrogen-bond acceptors (Lipinski definition) is 2. The van der Waals surface area contributed by atoms with Crippen LogP contribution in [0.25, 0.3) is 0 Å². The molecule has 6 heteroatoms. The fraction of sp³-hybridized carbons (Fsp3) is 0.455. The number of nitrogens with two attached hydrogens (primary N) is 1. The van der Waals surface area contributed by atoms with Crippen LogP contribution < -0.4 is 10.5 Å². The number of benzene rings is 1. The highest BCUT2D eigenvalue weighted by Crippen LogP contribution is 2.21. The smallest absolute Gasteiger partial charge is 0.272 e. The summed E-state index contributed by atoms with van der Waals surface area (Å²) < 4.78 is 50.9. The molecule has 1 aromatic carbocycles. The maximum atomic E-state index is 13.2. The van der Waals surface area contributed by atoms with Gasteiger partial charge < -0.3 is 10.5 Å². The highest BCUT2D eigenvalue weighted by atomic mass is 19.3. The summed E-state index contributed by atoms with van der Waals surface area (Å²) in [6.45, 7) is 0.892. The summed E-state index contributed by atoms with van der Waals surface area (Å²) in [4.78, 5) is 0. The van der Waals surface area contributed by atoms with Gasteiger partial charge in [0.2, 0.25) is 0 Å². The molecule has 0 aliphatic rings. The Labute approximate surface area is 97.4 Å². The predicted molar refractivity (Wildman–Crippen MR) is 57.5 cm³/mol. The van der Waals surface area contributed by atoms with Gasteiger partial charge in [-0.15, -0.1) is 0 Å². The van der Waals surface area contributed by atoms with E-state index in [2.05, 4.69) is 4.74 Å². The number of hydrogen-bond donors (Lipinski definition) is 1. The molecule has 0 radical (unpaired) electrons. The molecule has 2 N–H and O–H groups in total. The van der Waals surface area contributed by atoms with Crippen molar-refractivity contribution in [3.8, 4) is 5.75 Å². The summed E-state index contributed by atoms with van der Waals surface area (Å²) in [5.74, 6) is -0.856. The fourth-order valence-electron chi connectivity index (χ4n) is 1.07. The van der Waals surface area contributed by atoms with Crippen molar-refractivity contribution in [3.63, 3.8) is 0 Å². The first-order chi connectivity index (χ1) is 8.00. The zero-order valence-corrected chi connectivity index (χ0v) is 9.59. The van der Waals surface area contributed by atoms with Crippen LogP contribution in [-0.2, 0) is 0 Å². The van der Waals surface area contributed by atoms with Crippen LogP contribution in [-0.4, -0.2) is 20.2 Å². The van der Waals surface area contributed by atoms with Gasteiger partial charge in [0.15, 0.2) is 11.6 Å². The number of halogens is 4. The van der Waals surface area contributed by atoms with Gasteiger partial charge in [0.1, 0.15) is 6.61 Å². The summed E-state index contributed by atoms with van der Waals surface area (Å²) in [7, 11) is 0.500. The van der Waals surface area contributed by atoms with E-state index in [1.54, 1.807) is 13.0 Å². The lowest BCUT2D eigenvalue weighted by molar-refractivity contribution is 0.0799. The third-order valence-corrected chi connectivity index (χ3v) is 1.85. The summed E-state index contributed by atoms with van der Waals surface area (Å²) in [6.07, 6.45) is -2.61. The molecule has 1 unspecified atom stereocenters. The van der Waals surface area contributed by atoms with Gasteiger partial charge in [0.25, 0.3) is 6.43 Å². The van der Waals surface area contributed by atoms with Gasteiger partial charge in [-0.1, -0.05) is 6.07 Å². The number of ether oxygens (including phenoxy) is 1. The van der Waals surface area contributed by atoms with Crippen LogP contribution in [0, 0.1) is 5.82 Å². The van der Waals surface area contributed by atoms with E-state index < -0.39 is 18.8 Å². The first-order valence-electron chi connectivity index (χ1n) is 4.84. The van der Waals surface area contributed by atoms with Gasteiger partial charge in [0.05, 0.1) is 7.18 Å². The SMILES string of the molecule is CC(N)c1ccc(OCC(F)F)c(F)c1.CF. The van der Waals surface area contributed by atoms with Crippen LogP contribution >= 0.6 is 0 Å². The third kappa shape index (κ3) is 5.53. The highest BCUT2D eigenvalue weighted by Gasteiger charge is 2.09. The molecule has 0 saturated heterocycles. The lowest BCUT2D eigenvalue weighted by atomic mass is 10.1. The third-order valence-electron chi connectivity index (χ3n) is 1.85. The van der Waals surface area contributed by atoms with E-state index in [1.807, 2.05) is 0 Å². The highest BCUT2D eigenvalue weighted by molar-refractivity contribution is 5.30. The van der Waals surface area contributed by atoms with Gasteiger partial charge in [-0.05, 0) is 24.6 Å². The van der Waals surface area contributed by atoms with Crippen LogP contribution in [0.5, 0.6) is 5.75 Å². The van der Waals surface area contributed by atoms with Crippen molar-refractivity contribution in [2.75, 3.05) is 13.8 Å². The monoisotopic (exact) mass is 253 g/mol. The Hall–Kier alpha value is -1.30. The van der Waals surface area contributed by atoms with Gasteiger partial charge in [-0.25, -0.2) is 13.2 Å². The van der Waals surface area contributed by atoms with E-state index in [1.165, 1.54) is 12.1 Å².